The van der Waals surface area contributed by atoms with Crippen LogP contribution in [0.25, 0.3) is 0 Å². The van der Waals surface area contributed by atoms with Crippen LogP contribution in [-0.2, 0) is 9.53 Å². The molecule has 0 aromatic heterocycles. The van der Waals surface area contributed by atoms with Gasteiger partial charge in [0.05, 0.1) is 17.2 Å². The zero-order valence-corrected chi connectivity index (χ0v) is 16.0. The van der Waals surface area contributed by atoms with Gasteiger partial charge in [-0.25, -0.2) is 4.79 Å². The third-order valence-corrected chi connectivity index (χ3v) is 3.88. The average molecular weight is 392 g/mol. The maximum atomic E-state index is 12.1. The molecule has 2 aromatic rings. The van der Waals surface area contributed by atoms with Crippen molar-refractivity contribution in [2.24, 2.45) is 0 Å². The molecule has 0 heterocycles. The third kappa shape index (κ3) is 6.49. The van der Waals surface area contributed by atoms with E-state index in [4.69, 9.17) is 25.8 Å². The van der Waals surface area contributed by atoms with Gasteiger partial charge in [-0.05, 0) is 50.2 Å². The molecule has 2 aromatic carbocycles. The Labute approximate surface area is 163 Å². The Morgan fingerprint density at radius 3 is 2.26 bits per heavy atom. The molecule has 0 saturated carbocycles. The average Bonchev–Trinajstić information content (AvgIpc) is 2.66. The van der Waals surface area contributed by atoms with Crippen molar-refractivity contribution in [1.82, 2.24) is 5.32 Å². The topological polar surface area (TPSA) is 73.9 Å². The van der Waals surface area contributed by atoms with E-state index in [2.05, 4.69) is 5.32 Å². The van der Waals surface area contributed by atoms with Gasteiger partial charge in [-0.1, -0.05) is 23.7 Å². The highest BCUT2D eigenvalue weighted by molar-refractivity contribution is 6.33. The lowest BCUT2D eigenvalue weighted by molar-refractivity contribution is -0.146. The van der Waals surface area contributed by atoms with Gasteiger partial charge >= 0.3 is 5.97 Å². The number of ether oxygens (including phenoxy) is 3. The van der Waals surface area contributed by atoms with Crippen molar-refractivity contribution in [3.8, 4) is 11.5 Å². The van der Waals surface area contributed by atoms with E-state index in [0.717, 1.165) is 5.75 Å². The number of benzene rings is 2. The largest absolute Gasteiger partial charge is 0.494 e. The predicted molar refractivity (Wildman–Crippen MR) is 102 cm³/mol. The first-order valence-corrected chi connectivity index (χ1v) is 8.96. The minimum absolute atomic E-state index is 0.0678. The Morgan fingerprint density at radius 1 is 1.00 bits per heavy atom. The van der Waals surface area contributed by atoms with Crippen LogP contribution in [0.5, 0.6) is 11.5 Å². The first kappa shape index (κ1) is 20.6. The Balaban J connectivity index is 1.71. The molecule has 144 valence electrons. The number of esters is 1. The van der Waals surface area contributed by atoms with E-state index < -0.39 is 17.9 Å². The summed E-state index contributed by atoms with van der Waals surface area (Å²) < 4.78 is 16.0. The molecule has 0 saturated heterocycles. The summed E-state index contributed by atoms with van der Waals surface area (Å²) in [5, 5.41) is 2.88. The number of hydrogen-bond acceptors (Lipinski definition) is 5. The highest BCUT2D eigenvalue weighted by atomic mass is 35.5. The van der Waals surface area contributed by atoms with Crippen molar-refractivity contribution in [2.45, 2.75) is 19.9 Å². The molecule has 0 unspecified atom stereocenters. The van der Waals surface area contributed by atoms with Gasteiger partial charge in [0.2, 0.25) is 0 Å². The molecule has 1 N–H and O–H groups in total. The van der Waals surface area contributed by atoms with Crippen molar-refractivity contribution in [3.05, 3.63) is 59.1 Å². The van der Waals surface area contributed by atoms with Crippen molar-refractivity contribution in [3.63, 3.8) is 0 Å². The molecule has 27 heavy (non-hydrogen) atoms. The maximum absolute atomic E-state index is 12.1. The monoisotopic (exact) mass is 391 g/mol. The molecular formula is C20H22ClNO5. The van der Waals surface area contributed by atoms with Gasteiger partial charge in [-0.15, -0.1) is 0 Å². The lowest BCUT2D eigenvalue weighted by atomic mass is 10.2. The van der Waals surface area contributed by atoms with Crippen LogP contribution in [0.15, 0.2) is 48.5 Å². The van der Waals surface area contributed by atoms with E-state index in [-0.39, 0.29) is 13.2 Å². The summed E-state index contributed by atoms with van der Waals surface area (Å²) in [7, 11) is 0. The lowest BCUT2D eigenvalue weighted by Crippen LogP contribution is -2.40. The van der Waals surface area contributed by atoms with Crippen molar-refractivity contribution >= 4 is 23.5 Å². The van der Waals surface area contributed by atoms with Gasteiger partial charge < -0.3 is 19.5 Å². The van der Waals surface area contributed by atoms with Crippen LogP contribution in [0.4, 0.5) is 0 Å². The van der Waals surface area contributed by atoms with Gasteiger partial charge in [-0.3, -0.25) is 4.79 Å². The Bertz CT molecular complexity index is 763. The quantitative estimate of drug-likeness (QED) is 0.523. The van der Waals surface area contributed by atoms with Crippen molar-refractivity contribution in [1.29, 1.82) is 0 Å². The number of nitrogens with one attached hydrogen (secondary N) is 1. The normalized spacial score (nSPS) is 11.4. The fourth-order valence-corrected chi connectivity index (χ4v) is 2.43. The second kappa shape index (κ2) is 10.4. The summed E-state index contributed by atoms with van der Waals surface area (Å²) in [6.45, 7) is 4.33. The van der Waals surface area contributed by atoms with Crippen molar-refractivity contribution in [2.75, 3.05) is 19.8 Å². The zero-order chi connectivity index (χ0) is 19.6. The lowest BCUT2D eigenvalue weighted by Gasteiger charge is -2.14. The van der Waals surface area contributed by atoms with Crippen LogP contribution in [0.3, 0.4) is 0 Å². The van der Waals surface area contributed by atoms with E-state index in [0.29, 0.717) is 22.9 Å². The van der Waals surface area contributed by atoms with Gasteiger partial charge in [0.15, 0.2) is 0 Å². The van der Waals surface area contributed by atoms with Crippen LogP contribution in [0.2, 0.25) is 5.02 Å². The molecule has 0 aliphatic rings. The number of carbonyl (C=O) groups excluding carboxylic acids is 2. The number of amides is 1. The van der Waals surface area contributed by atoms with Gasteiger partial charge in [-0.2, -0.15) is 0 Å². The smallest absolute Gasteiger partial charge is 0.328 e. The number of carbonyl (C=O) groups is 2. The van der Waals surface area contributed by atoms with Crippen LogP contribution in [-0.4, -0.2) is 37.7 Å². The fourth-order valence-electron chi connectivity index (χ4n) is 2.20. The molecule has 1 amide bonds. The molecule has 6 nitrogen and oxygen atoms in total. The summed E-state index contributed by atoms with van der Waals surface area (Å²) in [6.07, 6.45) is 0. The van der Waals surface area contributed by atoms with E-state index in [9.17, 15) is 9.59 Å². The second-order valence-corrected chi connectivity index (χ2v) is 6.00. The summed E-state index contributed by atoms with van der Waals surface area (Å²) >= 11 is 5.97. The number of rotatable bonds is 9. The van der Waals surface area contributed by atoms with E-state index >= 15 is 0 Å². The molecule has 0 aliphatic heterocycles. The molecular weight excluding hydrogens is 370 g/mol. The fraction of sp³-hybridized carbons (Fsp3) is 0.300. The van der Waals surface area contributed by atoms with Gasteiger partial charge in [0.1, 0.15) is 30.8 Å². The van der Waals surface area contributed by atoms with Gasteiger partial charge in [0.25, 0.3) is 5.91 Å². The summed E-state index contributed by atoms with van der Waals surface area (Å²) in [5.41, 5.74) is 0.303. The Morgan fingerprint density at radius 2 is 1.63 bits per heavy atom. The van der Waals surface area contributed by atoms with E-state index in [1.165, 1.54) is 0 Å². The second-order valence-electron chi connectivity index (χ2n) is 5.60. The van der Waals surface area contributed by atoms with Crippen LogP contribution >= 0.6 is 11.6 Å². The summed E-state index contributed by atoms with van der Waals surface area (Å²) in [4.78, 5) is 24.1. The molecule has 0 fully saturated rings. The minimum Gasteiger partial charge on any atom is -0.494 e. The summed E-state index contributed by atoms with van der Waals surface area (Å²) in [5.74, 6) is 0.426. The predicted octanol–water partition coefficient (Wildman–Crippen LogP) is 3.48. The maximum Gasteiger partial charge on any atom is 0.328 e. The highest BCUT2D eigenvalue weighted by Crippen LogP contribution is 2.17. The number of halogens is 1. The Kier molecular flexibility index (Phi) is 7.95. The standard InChI is InChI=1S/C20H22ClNO5/c1-3-25-15-8-10-16(11-9-15)26-12-13-27-20(24)14(2)22-19(23)17-6-4-5-7-18(17)21/h4-11,14H,3,12-13H2,1-2H3,(H,22,23)/t14-/m0/s1. The van der Waals surface area contributed by atoms with Crippen molar-refractivity contribution < 1.29 is 23.8 Å². The van der Waals surface area contributed by atoms with Crippen LogP contribution in [0.1, 0.15) is 24.2 Å². The summed E-state index contributed by atoms with van der Waals surface area (Å²) in [6, 6.07) is 13.0. The minimum atomic E-state index is -0.806. The SMILES string of the molecule is CCOc1ccc(OCCOC(=O)[C@H](C)NC(=O)c2ccccc2Cl)cc1. The third-order valence-electron chi connectivity index (χ3n) is 3.55. The highest BCUT2D eigenvalue weighted by Gasteiger charge is 2.19. The first-order chi connectivity index (χ1) is 13.0. The first-order valence-electron chi connectivity index (χ1n) is 8.59. The molecule has 2 rings (SSSR count). The van der Waals surface area contributed by atoms with Gasteiger partial charge in [0, 0.05) is 0 Å². The van der Waals surface area contributed by atoms with Crippen LogP contribution < -0.4 is 14.8 Å². The van der Waals surface area contributed by atoms with E-state index in [1.54, 1.807) is 55.5 Å². The molecule has 0 radical (unpaired) electrons. The zero-order valence-electron chi connectivity index (χ0n) is 15.2. The molecule has 1 atom stereocenters. The van der Waals surface area contributed by atoms with E-state index in [1.807, 2.05) is 6.92 Å². The Hall–Kier alpha value is -2.73. The molecule has 7 heteroatoms. The molecule has 0 bridgehead atoms. The molecule has 0 spiro atoms. The van der Waals surface area contributed by atoms with Crippen LogP contribution in [0, 0.1) is 0 Å². The molecule has 0 aliphatic carbocycles. The number of hydrogen-bond donors (Lipinski definition) is 1.